The van der Waals surface area contributed by atoms with Crippen LogP contribution in [0.15, 0.2) is 39.5 Å². The highest BCUT2D eigenvalue weighted by molar-refractivity contribution is 7.99. The summed E-state index contributed by atoms with van der Waals surface area (Å²) in [5, 5.41) is 1.16. The molecule has 0 aliphatic rings. The van der Waals surface area contributed by atoms with E-state index in [2.05, 4.69) is 19.9 Å². The van der Waals surface area contributed by atoms with Crippen LogP contribution in [0.4, 0.5) is 0 Å². The quantitative estimate of drug-likeness (QED) is 0.712. The van der Waals surface area contributed by atoms with Crippen molar-refractivity contribution in [3.63, 3.8) is 0 Å². The van der Waals surface area contributed by atoms with Crippen molar-refractivity contribution in [1.82, 2.24) is 19.9 Å². The molecule has 3 rings (SSSR count). The molecule has 1 aromatic carbocycles. The number of aromatic nitrogens is 4. The fraction of sp³-hybridized carbons (Fsp3) is 0.0833. The number of rotatable bonds is 2. The fourth-order valence-corrected chi connectivity index (χ4v) is 2.67. The lowest BCUT2D eigenvalue weighted by atomic mass is 10.2. The monoisotopic (exact) mass is 292 g/mol. The zero-order valence-electron chi connectivity index (χ0n) is 9.90. The molecule has 0 radical (unpaired) electrons. The van der Waals surface area contributed by atoms with E-state index < -0.39 is 0 Å². The Hall–Kier alpha value is -1.79. The van der Waals surface area contributed by atoms with Gasteiger partial charge in [-0.25, -0.2) is 9.97 Å². The number of aromatic amines is 2. The first-order valence-electron chi connectivity index (χ1n) is 5.51. The minimum atomic E-state index is -0.355. The van der Waals surface area contributed by atoms with Gasteiger partial charge in [0.05, 0.1) is 17.4 Å². The third kappa shape index (κ3) is 2.36. The number of halogens is 1. The van der Waals surface area contributed by atoms with Gasteiger partial charge in [0.15, 0.2) is 5.16 Å². The highest BCUT2D eigenvalue weighted by Crippen LogP contribution is 2.28. The second-order valence-corrected chi connectivity index (χ2v) is 5.37. The summed E-state index contributed by atoms with van der Waals surface area (Å²) in [6.07, 6.45) is 1.32. The molecule has 0 saturated heterocycles. The summed E-state index contributed by atoms with van der Waals surface area (Å²) >= 11 is 7.13. The van der Waals surface area contributed by atoms with Gasteiger partial charge in [-0.1, -0.05) is 17.7 Å². The maximum atomic E-state index is 11.4. The summed E-state index contributed by atoms with van der Waals surface area (Å²) in [6.45, 7) is 2.02. The Morgan fingerprint density at radius 2 is 2.21 bits per heavy atom. The molecule has 0 amide bonds. The Morgan fingerprint density at radius 3 is 3.05 bits per heavy atom. The lowest BCUT2D eigenvalue weighted by molar-refractivity contribution is 0.999. The van der Waals surface area contributed by atoms with Gasteiger partial charge in [-0.2, -0.15) is 0 Å². The van der Waals surface area contributed by atoms with E-state index in [4.69, 9.17) is 11.6 Å². The van der Waals surface area contributed by atoms with Crippen LogP contribution in [0.25, 0.3) is 11.0 Å². The molecular formula is C12H9ClN4OS. The smallest absolute Gasteiger partial charge is 0.270 e. The van der Waals surface area contributed by atoms with Gasteiger partial charge in [0, 0.05) is 0 Å². The zero-order valence-corrected chi connectivity index (χ0v) is 11.5. The molecule has 2 aromatic heterocycles. The largest absolute Gasteiger partial charge is 0.333 e. The molecule has 3 aromatic rings. The highest BCUT2D eigenvalue weighted by atomic mass is 35.5. The second kappa shape index (κ2) is 4.71. The van der Waals surface area contributed by atoms with Crippen LogP contribution in [0.2, 0.25) is 5.02 Å². The molecule has 2 N–H and O–H groups in total. The van der Waals surface area contributed by atoms with Crippen LogP contribution in [-0.4, -0.2) is 19.9 Å². The first kappa shape index (κ1) is 12.3. The van der Waals surface area contributed by atoms with Gasteiger partial charge in [-0.05, 0) is 36.4 Å². The summed E-state index contributed by atoms with van der Waals surface area (Å²) in [6, 6.07) is 5.95. The molecule has 0 spiro atoms. The predicted molar refractivity (Wildman–Crippen MR) is 74.8 cm³/mol. The first-order valence-corrected chi connectivity index (χ1v) is 6.70. The van der Waals surface area contributed by atoms with Gasteiger partial charge < -0.3 is 9.97 Å². The van der Waals surface area contributed by atoms with Crippen LogP contribution in [0.1, 0.15) is 5.56 Å². The molecule has 0 bridgehead atoms. The summed E-state index contributed by atoms with van der Waals surface area (Å²) in [5.74, 6) is 0. The van der Waals surface area contributed by atoms with E-state index in [1.165, 1.54) is 18.1 Å². The van der Waals surface area contributed by atoms with Crippen LogP contribution in [0.5, 0.6) is 0 Å². The van der Waals surface area contributed by atoms with Gasteiger partial charge in [-0.15, -0.1) is 0 Å². The van der Waals surface area contributed by atoms with E-state index >= 15 is 0 Å². The Bertz CT molecular complexity index is 811. The second-order valence-electron chi connectivity index (χ2n) is 4.02. The van der Waals surface area contributed by atoms with Crippen LogP contribution in [-0.2, 0) is 0 Å². The number of fused-ring (bicyclic) bond motifs is 1. The van der Waals surface area contributed by atoms with Gasteiger partial charge >= 0.3 is 0 Å². The SMILES string of the molecule is Cc1ccc2nc(Sc3nc[nH]c(=O)c3Cl)[nH]c2c1. The van der Waals surface area contributed by atoms with Crippen molar-refractivity contribution < 1.29 is 0 Å². The third-order valence-electron chi connectivity index (χ3n) is 2.57. The van der Waals surface area contributed by atoms with Crippen LogP contribution in [0, 0.1) is 6.92 Å². The number of imidazole rings is 1. The number of aryl methyl sites for hydroxylation is 1. The van der Waals surface area contributed by atoms with E-state index in [0.29, 0.717) is 10.2 Å². The average Bonchev–Trinajstić information content (AvgIpc) is 2.76. The summed E-state index contributed by atoms with van der Waals surface area (Å²) in [5.41, 5.74) is 2.61. The molecule has 0 aliphatic carbocycles. The molecule has 0 saturated carbocycles. The van der Waals surface area contributed by atoms with E-state index in [9.17, 15) is 4.79 Å². The van der Waals surface area contributed by atoms with Crippen LogP contribution < -0.4 is 5.56 Å². The van der Waals surface area contributed by atoms with E-state index in [-0.39, 0.29) is 10.6 Å². The van der Waals surface area contributed by atoms with Crippen molar-refractivity contribution in [2.24, 2.45) is 0 Å². The Kier molecular flexibility index (Phi) is 3.04. The van der Waals surface area contributed by atoms with E-state index in [1.807, 2.05) is 25.1 Å². The van der Waals surface area contributed by atoms with Gasteiger partial charge in [0.2, 0.25) is 0 Å². The molecule has 0 fully saturated rings. The fourth-order valence-electron chi connectivity index (χ4n) is 1.68. The molecule has 5 nitrogen and oxygen atoms in total. The Morgan fingerprint density at radius 1 is 1.37 bits per heavy atom. The van der Waals surface area contributed by atoms with Crippen molar-refractivity contribution in [1.29, 1.82) is 0 Å². The van der Waals surface area contributed by atoms with Crippen LogP contribution in [0.3, 0.4) is 0 Å². The Balaban J connectivity index is 2.01. The number of benzene rings is 1. The lowest BCUT2D eigenvalue weighted by Gasteiger charge is -1.97. The van der Waals surface area contributed by atoms with Crippen molar-refractivity contribution in [3.05, 3.63) is 45.5 Å². The summed E-state index contributed by atoms with van der Waals surface area (Å²) in [7, 11) is 0. The average molecular weight is 293 g/mol. The van der Waals surface area contributed by atoms with Crippen molar-refractivity contribution in [2.45, 2.75) is 17.1 Å². The third-order valence-corrected chi connectivity index (χ3v) is 3.93. The standard InChI is InChI=1S/C12H9ClN4OS/c1-6-2-3-7-8(4-6)17-12(16-7)19-11-9(13)10(18)14-5-15-11/h2-5H,1H3,(H,16,17)(H,14,15,18). The maximum absolute atomic E-state index is 11.4. The minimum Gasteiger partial charge on any atom is -0.333 e. The molecule has 7 heteroatoms. The number of hydrogen-bond donors (Lipinski definition) is 2. The normalized spacial score (nSPS) is 11.1. The predicted octanol–water partition coefficient (Wildman–Crippen LogP) is 2.76. The zero-order chi connectivity index (χ0) is 13.4. The number of nitrogens with zero attached hydrogens (tertiary/aromatic N) is 2. The number of hydrogen-bond acceptors (Lipinski definition) is 4. The summed E-state index contributed by atoms with van der Waals surface area (Å²) in [4.78, 5) is 25.4. The molecule has 2 heterocycles. The van der Waals surface area contributed by atoms with E-state index in [1.54, 1.807) is 0 Å². The Labute approximate surface area is 117 Å². The van der Waals surface area contributed by atoms with Gasteiger partial charge in [0.1, 0.15) is 10.0 Å². The lowest BCUT2D eigenvalue weighted by Crippen LogP contribution is -2.07. The van der Waals surface area contributed by atoms with Gasteiger partial charge in [-0.3, -0.25) is 4.79 Å². The maximum Gasteiger partial charge on any atom is 0.270 e. The van der Waals surface area contributed by atoms with Crippen molar-refractivity contribution in [2.75, 3.05) is 0 Å². The molecule has 19 heavy (non-hydrogen) atoms. The molecule has 0 unspecified atom stereocenters. The minimum absolute atomic E-state index is 0.0733. The molecular weight excluding hydrogens is 284 g/mol. The van der Waals surface area contributed by atoms with Crippen molar-refractivity contribution in [3.8, 4) is 0 Å². The topological polar surface area (TPSA) is 74.4 Å². The molecule has 0 atom stereocenters. The van der Waals surface area contributed by atoms with Crippen molar-refractivity contribution >= 4 is 34.4 Å². The number of H-pyrrole nitrogens is 2. The highest BCUT2D eigenvalue weighted by Gasteiger charge is 2.10. The number of nitrogens with one attached hydrogen (secondary N) is 2. The molecule has 96 valence electrons. The molecule has 0 aliphatic heterocycles. The van der Waals surface area contributed by atoms with E-state index in [0.717, 1.165) is 16.6 Å². The first-order chi connectivity index (χ1) is 9.13. The van der Waals surface area contributed by atoms with Gasteiger partial charge in [0.25, 0.3) is 5.56 Å². The summed E-state index contributed by atoms with van der Waals surface area (Å²) < 4.78 is 0. The van der Waals surface area contributed by atoms with Crippen LogP contribution >= 0.6 is 23.4 Å².